The number of hydrogen-bond donors (Lipinski definition) is 0. The van der Waals surface area contributed by atoms with E-state index in [0.29, 0.717) is 17.1 Å². The summed E-state index contributed by atoms with van der Waals surface area (Å²) in [6, 6.07) is 0. The molecule has 0 aromatic heterocycles. The second kappa shape index (κ2) is 5.54. The molecule has 0 aromatic carbocycles. The monoisotopic (exact) mass is 328 g/mol. The topological polar surface area (TPSA) is 34.1 Å². The lowest BCUT2D eigenvalue weighted by Crippen LogP contribution is -2.51. The van der Waals surface area contributed by atoms with Crippen LogP contribution in [0.1, 0.15) is 72.1 Å². The van der Waals surface area contributed by atoms with Crippen molar-refractivity contribution in [1.82, 2.24) is 0 Å². The van der Waals surface area contributed by atoms with Crippen molar-refractivity contribution < 1.29 is 9.59 Å². The first kappa shape index (κ1) is 16.5. The van der Waals surface area contributed by atoms with Crippen molar-refractivity contribution in [2.75, 3.05) is 0 Å². The summed E-state index contributed by atoms with van der Waals surface area (Å²) in [7, 11) is 0. The molecule has 0 unspecified atom stereocenters. The third-order valence-electron chi connectivity index (χ3n) is 8.88. The van der Waals surface area contributed by atoms with Crippen molar-refractivity contribution >= 4 is 12.1 Å². The SMILES string of the molecule is C[C@H](C=O)[C@@H]1CC[C@H]2[C@H]3CCC4=CC(=O)CC[C@@]4(C)[C@@H]3CC[C@@]21C. The first-order valence-corrected chi connectivity index (χ1v) is 10.1. The third-order valence-corrected chi connectivity index (χ3v) is 8.88. The van der Waals surface area contributed by atoms with Crippen molar-refractivity contribution in [2.24, 2.45) is 40.4 Å². The quantitative estimate of drug-likeness (QED) is 0.671. The highest BCUT2D eigenvalue weighted by Crippen LogP contribution is 2.67. The molecule has 3 saturated carbocycles. The Morgan fingerprint density at radius 2 is 1.88 bits per heavy atom. The van der Waals surface area contributed by atoms with Crippen LogP contribution in [0.5, 0.6) is 0 Å². The van der Waals surface area contributed by atoms with Gasteiger partial charge in [-0.25, -0.2) is 0 Å². The Balaban J connectivity index is 1.65. The fourth-order valence-electron chi connectivity index (χ4n) is 7.56. The molecule has 0 bridgehead atoms. The molecule has 24 heavy (non-hydrogen) atoms. The molecule has 132 valence electrons. The molecule has 4 aliphatic carbocycles. The van der Waals surface area contributed by atoms with Crippen LogP contribution >= 0.6 is 0 Å². The molecule has 0 aromatic rings. The highest BCUT2D eigenvalue weighted by atomic mass is 16.1. The smallest absolute Gasteiger partial charge is 0.155 e. The van der Waals surface area contributed by atoms with E-state index in [9.17, 15) is 9.59 Å². The second-order valence-corrected chi connectivity index (χ2v) is 9.69. The number of carbonyl (C=O) groups excluding carboxylic acids is 2. The van der Waals surface area contributed by atoms with Gasteiger partial charge in [0.1, 0.15) is 6.29 Å². The van der Waals surface area contributed by atoms with Crippen LogP contribution in [0.3, 0.4) is 0 Å². The minimum absolute atomic E-state index is 0.207. The van der Waals surface area contributed by atoms with Crippen LogP contribution < -0.4 is 0 Å². The summed E-state index contributed by atoms with van der Waals surface area (Å²) >= 11 is 0. The zero-order valence-corrected chi connectivity index (χ0v) is 15.5. The Hall–Kier alpha value is -0.920. The third kappa shape index (κ3) is 2.14. The van der Waals surface area contributed by atoms with E-state index in [1.807, 2.05) is 6.08 Å². The average molecular weight is 328 g/mol. The van der Waals surface area contributed by atoms with Gasteiger partial charge in [0.15, 0.2) is 5.78 Å². The minimum Gasteiger partial charge on any atom is -0.303 e. The molecule has 0 N–H and O–H groups in total. The van der Waals surface area contributed by atoms with Gasteiger partial charge in [-0.2, -0.15) is 0 Å². The van der Waals surface area contributed by atoms with Gasteiger partial charge in [-0.05, 0) is 85.5 Å². The van der Waals surface area contributed by atoms with Gasteiger partial charge < -0.3 is 4.79 Å². The van der Waals surface area contributed by atoms with Gasteiger partial charge in [0, 0.05) is 12.3 Å². The predicted molar refractivity (Wildman–Crippen MR) is 95.4 cm³/mol. The van der Waals surface area contributed by atoms with E-state index in [2.05, 4.69) is 20.8 Å². The maximum absolute atomic E-state index is 11.9. The zero-order chi connectivity index (χ0) is 17.1. The van der Waals surface area contributed by atoms with Gasteiger partial charge in [-0.15, -0.1) is 0 Å². The minimum atomic E-state index is 0.207. The Kier molecular flexibility index (Phi) is 3.82. The van der Waals surface area contributed by atoms with E-state index in [4.69, 9.17) is 0 Å². The van der Waals surface area contributed by atoms with Gasteiger partial charge in [-0.1, -0.05) is 26.3 Å². The lowest BCUT2D eigenvalue weighted by molar-refractivity contribution is -0.118. The largest absolute Gasteiger partial charge is 0.303 e. The Morgan fingerprint density at radius 3 is 2.62 bits per heavy atom. The molecule has 0 amide bonds. The number of rotatable bonds is 2. The summed E-state index contributed by atoms with van der Waals surface area (Å²) in [5.74, 6) is 3.50. The van der Waals surface area contributed by atoms with E-state index in [0.717, 1.165) is 37.0 Å². The lowest BCUT2D eigenvalue weighted by atomic mass is 9.46. The number of ketones is 1. The van der Waals surface area contributed by atoms with Crippen molar-refractivity contribution in [3.8, 4) is 0 Å². The summed E-state index contributed by atoms with van der Waals surface area (Å²) in [5.41, 5.74) is 2.09. The molecule has 0 spiro atoms. The first-order valence-electron chi connectivity index (χ1n) is 10.1. The van der Waals surface area contributed by atoms with Gasteiger partial charge in [0.2, 0.25) is 0 Å². The van der Waals surface area contributed by atoms with Crippen LogP contribution in [0.2, 0.25) is 0 Å². The number of fused-ring (bicyclic) bond motifs is 5. The fraction of sp³-hybridized carbons (Fsp3) is 0.818. The van der Waals surface area contributed by atoms with E-state index in [1.165, 1.54) is 44.0 Å². The molecular weight excluding hydrogens is 296 g/mol. The van der Waals surface area contributed by atoms with Crippen LogP contribution in [0.25, 0.3) is 0 Å². The van der Waals surface area contributed by atoms with Crippen LogP contribution in [-0.2, 0) is 9.59 Å². The van der Waals surface area contributed by atoms with E-state index in [-0.39, 0.29) is 11.3 Å². The molecule has 4 rings (SSSR count). The molecule has 7 atom stereocenters. The van der Waals surface area contributed by atoms with Crippen LogP contribution in [0.4, 0.5) is 0 Å². The molecule has 2 heteroatoms. The van der Waals surface area contributed by atoms with Crippen molar-refractivity contribution in [3.63, 3.8) is 0 Å². The summed E-state index contributed by atoms with van der Waals surface area (Å²) in [4.78, 5) is 23.3. The predicted octanol–water partition coefficient (Wildman–Crippen LogP) is 4.97. The zero-order valence-electron chi connectivity index (χ0n) is 15.5. The highest BCUT2D eigenvalue weighted by molar-refractivity contribution is 5.91. The van der Waals surface area contributed by atoms with Gasteiger partial charge >= 0.3 is 0 Å². The molecule has 3 fully saturated rings. The average Bonchev–Trinajstić information content (AvgIpc) is 2.92. The first-order chi connectivity index (χ1) is 11.4. The summed E-state index contributed by atoms with van der Waals surface area (Å²) in [6.45, 7) is 7.07. The van der Waals surface area contributed by atoms with E-state index >= 15 is 0 Å². The van der Waals surface area contributed by atoms with E-state index < -0.39 is 0 Å². The Morgan fingerprint density at radius 1 is 1.08 bits per heavy atom. The molecule has 0 radical (unpaired) electrons. The number of carbonyl (C=O) groups is 2. The number of aldehydes is 1. The van der Waals surface area contributed by atoms with Crippen LogP contribution in [-0.4, -0.2) is 12.1 Å². The number of hydrogen-bond acceptors (Lipinski definition) is 2. The van der Waals surface area contributed by atoms with Crippen molar-refractivity contribution in [3.05, 3.63) is 11.6 Å². The van der Waals surface area contributed by atoms with Gasteiger partial charge in [0.05, 0.1) is 0 Å². The normalized spacial score (nSPS) is 48.8. The summed E-state index contributed by atoms with van der Waals surface area (Å²) in [5, 5.41) is 0. The Labute approximate surface area is 146 Å². The van der Waals surface area contributed by atoms with Gasteiger partial charge in [-0.3, -0.25) is 4.79 Å². The maximum atomic E-state index is 11.9. The lowest BCUT2D eigenvalue weighted by Gasteiger charge is -2.58. The number of allylic oxidation sites excluding steroid dienone is 1. The summed E-state index contributed by atoms with van der Waals surface area (Å²) < 4.78 is 0. The van der Waals surface area contributed by atoms with Crippen LogP contribution in [0.15, 0.2) is 11.6 Å². The molecule has 4 aliphatic rings. The second-order valence-electron chi connectivity index (χ2n) is 9.69. The fourth-order valence-corrected chi connectivity index (χ4v) is 7.56. The van der Waals surface area contributed by atoms with Crippen molar-refractivity contribution in [2.45, 2.75) is 72.1 Å². The van der Waals surface area contributed by atoms with E-state index in [1.54, 1.807) is 0 Å². The molecule has 0 heterocycles. The Bertz CT molecular complexity index is 591. The summed E-state index contributed by atoms with van der Waals surface area (Å²) in [6.07, 6.45) is 12.5. The van der Waals surface area contributed by atoms with Crippen LogP contribution in [0, 0.1) is 40.4 Å². The molecule has 2 nitrogen and oxygen atoms in total. The van der Waals surface area contributed by atoms with Crippen molar-refractivity contribution in [1.29, 1.82) is 0 Å². The van der Waals surface area contributed by atoms with Gasteiger partial charge in [0.25, 0.3) is 0 Å². The molecule has 0 saturated heterocycles. The standard InChI is InChI=1S/C22H32O2/c1-14(13-23)18-6-7-19-17-5-4-15-12-16(24)8-10-21(15,2)20(17)9-11-22(18,19)3/h12-14,17-20H,4-11H2,1-3H3/t14-,17-,18+,19+,20-,21-,22-/m1/s1. The molecule has 0 aliphatic heterocycles. The highest BCUT2D eigenvalue weighted by Gasteiger charge is 2.59. The molecular formula is C22H32O2. The maximum Gasteiger partial charge on any atom is 0.155 e.